The van der Waals surface area contributed by atoms with E-state index < -0.39 is 0 Å². The molecule has 0 spiro atoms. The van der Waals surface area contributed by atoms with Gasteiger partial charge in [0, 0.05) is 29.5 Å². The van der Waals surface area contributed by atoms with Crippen LogP contribution in [0, 0.1) is 0 Å². The van der Waals surface area contributed by atoms with Gasteiger partial charge in [-0.25, -0.2) is 4.68 Å². The van der Waals surface area contributed by atoms with Crippen LogP contribution in [-0.4, -0.2) is 16.3 Å². The van der Waals surface area contributed by atoms with Crippen LogP contribution in [0.2, 0.25) is 5.02 Å². The molecule has 0 atom stereocenters. The van der Waals surface area contributed by atoms with E-state index in [9.17, 15) is 0 Å². The first kappa shape index (κ1) is 11.2. The molecule has 4 heteroatoms. The molecule has 0 bridgehead atoms. The molecule has 0 radical (unpaired) electrons. The molecule has 84 valence electrons. The number of hydrogen-bond donors (Lipinski definition) is 1. The summed E-state index contributed by atoms with van der Waals surface area (Å²) in [7, 11) is 0. The van der Waals surface area contributed by atoms with E-state index in [2.05, 4.69) is 17.3 Å². The fourth-order valence-electron chi connectivity index (χ4n) is 1.60. The van der Waals surface area contributed by atoms with Gasteiger partial charge in [-0.1, -0.05) is 24.6 Å². The summed E-state index contributed by atoms with van der Waals surface area (Å²) in [6.07, 6.45) is 3.68. The summed E-state index contributed by atoms with van der Waals surface area (Å²) < 4.78 is 1.83. The van der Waals surface area contributed by atoms with Gasteiger partial charge in [0.25, 0.3) is 0 Å². The molecule has 0 amide bonds. The van der Waals surface area contributed by atoms with Gasteiger partial charge in [0.05, 0.1) is 5.69 Å². The summed E-state index contributed by atoms with van der Waals surface area (Å²) in [5.74, 6) is 0. The number of halogens is 1. The minimum absolute atomic E-state index is 0.755. The second kappa shape index (κ2) is 5.14. The van der Waals surface area contributed by atoms with Crippen molar-refractivity contribution in [1.29, 1.82) is 0 Å². The maximum atomic E-state index is 6.20. The van der Waals surface area contributed by atoms with E-state index in [0.717, 1.165) is 29.4 Å². The molecule has 0 fully saturated rings. The molecule has 2 rings (SSSR count). The summed E-state index contributed by atoms with van der Waals surface area (Å²) in [6.45, 7) is 3.75. The Labute approximate surface area is 100 Å². The summed E-state index contributed by atoms with van der Waals surface area (Å²) in [5, 5.41) is 8.28. The minimum Gasteiger partial charge on any atom is -0.313 e. The first-order valence-corrected chi connectivity index (χ1v) is 5.69. The molecule has 0 unspecified atom stereocenters. The molecular formula is C12H14ClN3. The van der Waals surface area contributed by atoms with Crippen LogP contribution >= 0.6 is 11.6 Å². The fraction of sp³-hybridized carbons (Fsp3) is 0.250. The molecule has 0 saturated heterocycles. The third kappa shape index (κ3) is 2.26. The van der Waals surface area contributed by atoms with Gasteiger partial charge in [-0.05, 0) is 24.7 Å². The lowest BCUT2D eigenvalue weighted by Crippen LogP contribution is -2.14. The fourth-order valence-corrected chi connectivity index (χ4v) is 1.83. The van der Waals surface area contributed by atoms with Crippen molar-refractivity contribution >= 4 is 11.6 Å². The first-order valence-electron chi connectivity index (χ1n) is 5.31. The van der Waals surface area contributed by atoms with E-state index in [4.69, 9.17) is 11.6 Å². The van der Waals surface area contributed by atoms with Crippen molar-refractivity contribution in [3.8, 4) is 5.69 Å². The Balaban J connectivity index is 2.40. The Morgan fingerprint density at radius 2 is 2.25 bits per heavy atom. The van der Waals surface area contributed by atoms with Crippen molar-refractivity contribution in [2.24, 2.45) is 0 Å². The molecule has 0 aliphatic rings. The number of rotatable bonds is 4. The van der Waals surface area contributed by atoms with Crippen LogP contribution in [0.15, 0.2) is 36.7 Å². The quantitative estimate of drug-likeness (QED) is 0.883. The average Bonchev–Trinajstić information content (AvgIpc) is 2.80. The highest BCUT2D eigenvalue weighted by Crippen LogP contribution is 2.22. The Kier molecular flexibility index (Phi) is 3.59. The molecule has 0 aliphatic carbocycles. The van der Waals surface area contributed by atoms with Gasteiger partial charge >= 0.3 is 0 Å². The van der Waals surface area contributed by atoms with E-state index >= 15 is 0 Å². The monoisotopic (exact) mass is 235 g/mol. The Hall–Kier alpha value is -1.32. The molecule has 1 N–H and O–H groups in total. The van der Waals surface area contributed by atoms with E-state index in [1.807, 2.05) is 35.1 Å². The molecule has 0 saturated carbocycles. The standard InChI is InChI=1S/C12H14ClN3/c1-2-14-9-10-11(13)5-3-6-12(10)16-8-4-7-15-16/h3-8,14H,2,9H2,1H3. The maximum absolute atomic E-state index is 6.20. The van der Waals surface area contributed by atoms with E-state index in [1.54, 1.807) is 6.20 Å². The van der Waals surface area contributed by atoms with Crippen molar-refractivity contribution in [3.05, 3.63) is 47.2 Å². The molecule has 1 aromatic carbocycles. The van der Waals surface area contributed by atoms with E-state index in [0.29, 0.717) is 0 Å². The highest BCUT2D eigenvalue weighted by atomic mass is 35.5. The van der Waals surface area contributed by atoms with Crippen LogP contribution in [0.25, 0.3) is 5.69 Å². The van der Waals surface area contributed by atoms with Crippen molar-refractivity contribution in [2.75, 3.05) is 6.54 Å². The normalized spacial score (nSPS) is 10.6. The summed E-state index contributed by atoms with van der Waals surface area (Å²) in [4.78, 5) is 0. The van der Waals surface area contributed by atoms with Crippen LogP contribution in [0.5, 0.6) is 0 Å². The topological polar surface area (TPSA) is 29.9 Å². The van der Waals surface area contributed by atoms with Crippen LogP contribution in [-0.2, 0) is 6.54 Å². The lowest BCUT2D eigenvalue weighted by molar-refractivity contribution is 0.717. The first-order chi connectivity index (χ1) is 7.83. The van der Waals surface area contributed by atoms with Gasteiger partial charge < -0.3 is 5.32 Å². The van der Waals surface area contributed by atoms with Crippen LogP contribution < -0.4 is 5.32 Å². The van der Waals surface area contributed by atoms with Gasteiger partial charge in [-0.2, -0.15) is 5.10 Å². The van der Waals surface area contributed by atoms with Crippen molar-refractivity contribution in [1.82, 2.24) is 15.1 Å². The van der Waals surface area contributed by atoms with Gasteiger partial charge in [-0.15, -0.1) is 0 Å². The van der Waals surface area contributed by atoms with Crippen molar-refractivity contribution in [3.63, 3.8) is 0 Å². The highest BCUT2D eigenvalue weighted by Gasteiger charge is 2.07. The predicted molar refractivity (Wildman–Crippen MR) is 66.0 cm³/mol. The predicted octanol–water partition coefficient (Wildman–Crippen LogP) is 2.64. The van der Waals surface area contributed by atoms with Gasteiger partial charge in [0.2, 0.25) is 0 Å². The van der Waals surface area contributed by atoms with Crippen molar-refractivity contribution < 1.29 is 0 Å². The Bertz CT molecular complexity index is 451. The summed E-state index contributed by atoms with van der Waals surface area (Å²) >= 11 is 6.20. The number of aromatic nitrogens is 2. The van der Waals surface area contributed by atoms with Crippen LogP contribution in [0.4, 0.5) is 0 Å². The second-order valence-corrected chi connectivity index (χ2v) is 3.88. The van der Waals surface area contributed by atoms with E-state index in [-0.39, 0.29) is 0 Å². The average molecular weight is 236 g/mol. The van der Waals surface area contributed by atoms with E-state index in [1.165, 1.54) is 0 Å². The zero-order valence-corrected chi connectivity index (χ0v) is 9.91. The van der Waals surface area contributed by atoms with Gasteiger partial charge in [0.15, 0.2) is 0 Å². The molecular weight excluding hydrogens is 222 g/mol. The summed E-state index contributed by atoms with van der Waals surface area (Å²) in [6, 6.07) is 7.76. The lowest BCUT2D eigenvalue weighted by Gasteiger charge is -2.11. The number of benzene rings is 1. The third-order valence-corrected chi connectivity index (χ3v) is 2.75. The van der Waals surface area contributed by atoms with Crippen LogP contribution in [0.3, 0.4) is 0 Å². The number of nitrogens with one attached hydrogen (secondary N) is 1. The zero-order valence-electron chi connectivity index (χ0n) is 9.15. The molecule has 16 heavy (non-hydrogen) atoms. The SMILES string of the molecule is CCNCc1c(Cl)cccc1-n1cccn1. The molecule has 2 aromatic rings. The smallest absolute Gasteiger partial charge is 0.0705 e. The second-order valence-electron chi connectivity index (χ2n) is 3.47. The van der Waals surface area contributed by atoms with Gasteiger partial charge in [0.1, 0.15) is 0 Å². The lowest BCUT2D eigenvalue weighted by atomic mass is 10.1. The zero-order chi connectivity index (χ0) is 11.4. The number of nitrogens with zero attached hydrogens (tertiary/aromatic N) is 2. The maximum Gasteiger partial charge on any atom is 0.0705 e. The summed E-state index contributed by atoms with van der Waals surface area (Å²) in [5.41, 5.74) is 2.10. The molecule has 3 nitrogen and oxygen atoms in total. The molecule has 1 heterocycles. The van der Waals surface area contributed by atoms with Crippen molar-refractivity contribution in [2.45, 2.75) is 13.5 Å². The number of hydrogen-bond acceptors (Lipinski definition) is 2. The third-order valence-electron chi connectivity index (χ3n) is 2.40. The highest BCUT2D eigenvalue weighted by molar-refractivity contribution is 6.31. The Morgan fingerprint density at radius 3 is 2.94 bits per heavy atom. The van der Waals surface area contributed by atoms with Gasteiger partial charge in [-0.3, -0.25) is 0 Å². The molecule has 0 aliphatic heterocycles. The molecule has 1 aromatic heterocycles. The van der Waals surface area contributed by atoms with Crippen LogP contribution in [0.1, 0.15) is 12.5 Å². The largest absolute Gasteiger partial charge is 0.313 e. The minimum atomic E-state index is 0.755. The Morgan fingerprint density at radius 1 is 1.38 bits per heavy atom.